The third-order valence-electron chi connectivity index (χ3n) is 8.33. The van der Waals surface area contributed by atoms with Gasteiger partial charge in [0.1, 0.15) is 5.82 Å². The second-order valence-electron chi connectivity index (χ2n) is 15.1. The van der Waals surface area contributed by atoms with E-state index in [1.54, 1.807) is 6.07 Å². The Labute approximate surface area is 248 Å². The van der Waals surface area contributed by atoms with Crippen molar-refractivity contribution in [1.82, 2.24) is 10.6 Å². The lowest BCUT2D eigenvalue weighted by molar-refractivity contribution is 0.120. The third-order valence-corrected chi connectivity index (χ3v) is 12.8. The molecule has 1 aliphatic rings. The maximum atomic E-state index is 14.1. The monoisotopic (exact) mass is 585 g/mol. The van der Waals surface area contributed by atoms with E-state index < -0.39 is 26.6 Å². The largest absolute Gasteiger partial charge is 0.465 e. The van der Waals surface area contributed by atoms with Crippen molar-refractivity contribution in [2.45, 2.75) is 117 Å². The molecule has 0 saturated carbocycles. The molecule has 1 aliphatic heterocycles. The van der Waals surface area contributed by atoms with Gasteiger partial charge in [0.05, 0.1) is 12.1 Å². The molecule has 3 atom stereocenters. The fourth-order valence-corrected chi connectivity index (χ4v) is 6.74. The van der Waals surface area contributed by atoms with E-state index in [0.717, 1.165) is 24.1 Å². The van der Waals surface area contributed by atoms with Crippen LogP contribution in [0.3, 0.4) is 0 Å². The number of carbonyl (C=O) groups is 1. The lowest BCUT2D eigenvalue weighted by Crippen LogP contribution is -2.56. The fraction of sp³-hybridized carbons (Fsp3) is 0.606. The normalized spacial score (nSPS) is 18.7. The Kier molecular flexibility index (Phi) is 10.0. The Balaban J connectivity index is 1.96. The summed E-state index contributed by atoms with van der Waals surface area (Å²) in [5.74, 6) is -0.337. The molecule has 1 heterocycles. The van der Waals surface area contributed by atoms with Crippen molar-refractivity contribution in [1.29, 1.82) is 0 Å². The summed E-state index contributed by atoms with van der Waals surface area (Å²) in [5, 5.41) is 20.0. The number of hydrogen-bond donors (Lipinski definition) is 4. The van der Waals surface area contributed by atoms with Crippen LogP contribution in [0.4, 0.5) is 14.9 Å². The van der Waals surface area contributed by atoms with E-state index in [2.05, 4.69) is 103 Å². The molecule has 0 bridgehead atoms. The SMILES string of the molecule is CC(C)(C)Cc1ccc2c(c1)C(NC[C@@H](O[Si](C)(C)C(C)(C)C)C(Cc1cccc(F)c1)NC(=O)O)CC(C)(C)N2. The van der Waals surface area contributed by atoms with Crippen molar-refractivity contribution in [2.75, 3.05) is 11.9 Å². The highest BCUT2D eigenvalue weighted by Crippen LogP contribution is 2.40. The standard InChI is InChI=1S/C33H52FN3O3Si/c1-31(2,3)19-23-14-15-26-25(17-23)28(20-33(7,8)37-26)35-21-29(40-41(9,10)32(4,5)6)27(36-30(38)39)18-22-12-11-13-24(34)16-22/h11-17,27-29,35-37H,18-21H2,1-10H3,(H,38,39)/t27?,28?,29-/m1/s1. The third kappa shape index (κ3) is 9.55. The average Bonchev–Trinajstić information content (AvgIpc) is 2.79. The molecule has 0 aliphatic carbocycles. The molecule has 0 aromatic heterocycles. The van der Waals surface area contributed by atoms with Gasteiger partial charge in [0.25, 0.3) is 0 Å². The van der Waals surface area contributed by atoms with Crippen LogP contribution in [0.2, 0.25) is 18.1 Å². The average molecular weight is 586 g/mol. The molecule has 6 nitrogen and oxygen atoms in total. The lowest BCUT2D eigenvalue weighted by Gasteiger charge is -2.43. The van der Waals surface area contributed by atoms with Gasteiger partial charge in [-0.15, -0.1) is 0 Å². The number of carboxylic acid groups (broad SMARTS) is 1. The van der Waals surface area contributed by atoms with Gasteiger partial charge in [-0.1, -0.05) is 65.8 Å². The van der Waals surface area contributed by atoms with Crippen LogP contribution < -0.4 is 16.0 Å². The predicted octanol–water partition coefficient (Wildman–Crippen LogP) is 7.91. The summed E-state index contributed by atoms with van der Waals surface area (Å²) in [6.45, 7) is 22.5. The molecule has 228 valence electrons. The van der Waals surface area contributed by atoms with Crippen molar-refractivity contribution in [3.8, 4) is 0 Å². The van der Waals surface area contributed by atoms with Gasteiger partial charge >= 0.3 is 6.09 Å². The molecule has 2 aromatic rings. The van der Waals surface area contributed by atoms with Crippen LogP contribution in [0.1, 0.15) is 84.5 Å². The van der Waals surface area contributed by atoms with E-state index >= 15 is 0 Å². The van der Waals surface area contributed by atoms with E-state index in [9.17, 15) is 14.3 Å². The molecule has 0 radical (unpaired) electrons. The number of hydrogen-bond acceptors (Lipinski definition) is 4. The van der Waals surface area contributed by atoms with Gasteiger partial charge in [-0.25, -0.2) is 9.18 Å². The Morgan fingerprint density at radius 1 is 1.12 bits per heavy atom. The van der Waals surface area contributed by atoms with Gasteiger partial charge in [0, 0.05) is 23.8 Å². The Bertz CT molecular complexity index is 1200. The molecule has 8 heteroatoms. The van der Waals surface area contributed by atoms with Crippen LogP contribution in [-0.4, -0.2) is 43.7 Å². The van der Waals surface area contributed by atoms with E-state index in [1.807, 2.05) is 6.07 Å². The Hall–Kier alpha value is -2.42. The van der Waals surface area contributed by atoms with Crippen LogP contribution in [0.5, 0.6) is 0 Å². The van der Waals surface area contributed by atoms with E-state index in [1.165, 1.54) is 23.3 Å². The predicted molar refractivity (Wildman–Crippen MR) is 170 cm³/mol. The van der Waals surface area contributed by atoms with Crippen molar-refractivity contribution >= 4 is 20.1 Å². The maximum absolute atomic E-state index is 14.1. The van der Waals surface area contributed by atoms with Gasteiger partial charge in [0.15, 0.2) is 8.32 Å². The Morgan fingerprint density at radius 2 is 1.80 bits per heavy atom. The van der Waals surface area contributed by atoms with Crippen molar-refractivity contribution in [3.63, 3.8) is 0 Å². The van der Waals surface area contributed by atoms with E-state index in [-0.39, 0.29) is 27.9 Å². The number of nitrogens with one attached hydrogen (secondary N) is 3. The maximum Gasteiger partial charge on any atom is 0.404 e. The number of halogens is 1. The molecule has 3 rings (SSSR count). The molecule has 1 amide bonds. The number of amides is 1. The summed E-state index contributed by atoms with van der Waals surface area (Å²) in [6, 6.07) is 12.6. The van der Waals surface area contributed by atoms with E-state index in [0.29, 0.717) is 13.0 Å². The first kappa shape index (κ1) is 33.1. The zero-order valence-electron chi connectivity index (χ0n) is 26.7. The van der Waals surface area contributed by atoms with Crippen molar-refractivity contribution in [2.24, 2.45) is 5.41 Å². The summed E-state index contributed by atoms with van der Waals surface area (Å²) in [7, 11) is -2.29. The molecule has 41 heavy (non-hydrogen) atoms. The van der Waals surface area contributed by atoms with Gasteiger partial charge in [0.2, 0.25) is 0 Å². The summed E-state index contributed by atoms with van der Waals surface area (Å²) in [5.41, 5.74) is 4.44. The summed E-state index contributed by atoms with van der Waals surface area (Å²) in [4.78, 5) is 12.0. The number of benzene rings is 2. The fourth-order valence-electron chi connectivity index (χ4n) is 5.39. The highest BCUT2D eigenvalue weighted by atomic mass is 28.4. The number of anilines is 1. The van der Waals surface area contributed by atoms with Crippen molar-refractivity contribution < 1.29 is 18.7 Å². The van der Waals surface area contributed by atoms with Crippen LogP contribution >= 0.6 is 0 Å². The minimum atomic E-state index is -2.29. The molecule has 2 aromatic carbocycles. The quantitative estimate of drug-likeness (QED) is 0.213. The molecule has 2 unspecified atom stereocenters. The van der Waals surface area contributed by atoms with Gasteiger partial charge < -0.3 is 25.5 Å². The van der Waals surface area contributed by atoms with E-state index in [4.69, 9.17) is 4.43 Å². The second kappa shape index (κ2) is 12.4. The molecule has 0 saturated heterocycles. The highest BCUT2D eigenvalue weighted by Gasteiger charge is 2.42. The molecular weight excluding hydrogens is 533 g/mol. The lowest BCUT2D eigenvalue weighted by atomic mass is 9.82. The van der Waals surface area contributed by atoms with Crippen LogP contribution in [-0.2, 0) is 17.3 Å². The first-order valence-corrected chi connectivity index (χ1v) is 17.7. The highest BCUT2D eigenvalue weighted by molar-refractivity contribution is 6.74. The van der Waals surface area contributed by atoms with Gasteiger partial charge in [-0.2, -0.15) is 0 Å². The number of rotatable bonds is 10. The Morgan fingerprint density at radius 3 is 2.39 bits per heavy atom. The first-order chi connectivity index (χ1) is 18.7. The minimum absolute atomic E-state index is 0.0614. The van der Waals surface area contributed by atoms with Crippen LogP contribution in [0, 0.1) is 11.2 Å². The summed E-state index contributed by atoms with van der Waals surface area (Å²) >= 11 is 0. The topological polar surface area (TPSA) is 82.6 Å². The van der Waals surface area contributed by atoms with Crippen molar-refractivity contribution in [3.05, 3.63) is 65.0 Å². The van der Waals surface area contributed by atoms with Gasteiger partial charge in [-0.3, -0.25) is 0 Å². The second-order valence-corrected chi connectivity index (χ2v) is 19.9. The number of fused-ring (bicyclic) bond motifs is 1. The molecular formula is C33H52FN3O3Si. The first-order valence-electron chi connectivity index (χ1n) is 14.8. The molecule has 0 fully saturated rings. The smallest absolute Gasteiger partial charge is 0.404 e. The zero-order chi connectivity index (χ0) is 30.8. The zero-order valence-corrected chi connectivity index (χ0v) is 27.7. The summed E-state index contributed by atoms with van der Waals surface area (Å²) in [6.07, 6.45) is 0.609. The summed E-state index contributed by atoms with van der Waals surface area (Å²) < 4.78 is 21.0. The van der Waals surface area contributed by atoms with Crippen LogP contribution in [0.25, 0.3) is 0 Å². The molecule has 4 N–H and O–H groups in total. The van der Waals surface area contributed by atoms with Gasteiger partial charge in [-0.05, 0) is 91.5 Å². The molecule has 0 spiro atoms. The van der Waals surface area contributed by atoms with Crippen LogP contribution in [0.15, 0.2) is 42.5 Å². The minimum Gasteiger partial charge on any atom is -0.465 e.